The Balaban J connectivity index is 2.07. The van der Waals surface area contributed by atoms with Crippen molar-refractivity contribution < 1.29 is 22.0 Å². The molecule has 2 aromatic rings. The lowest BCUT2D eigenvalue weighted by Crippen LogP contribution is -2.24. The first-order chi connectivity index (χ1) is 13.3. The minimum absolute atomic E-state index is 0.126. The predicted octanol–water partition coefficient (Wildman–Crippen LogP) is 3.36. The Hall–Kier alpha value is -2.81. The van der Waals surface area contributed by atoms with E-state index in [0.29, 0.717) is 5.56 Å². The molecule has 2 N–H and O–H groups in total. The van der Waals surface area contributed by atoms with E-state index in [-0.39, 0.29) is 23.1 Å². The fraction of sp³-hybridized carbons (Fsp3) is 0.300. The van der Waals surface area contributed by atoms with Gasteiger partial charge in [0.1, 0.15) is 5.69 Å². The van der Waals surface area contributed by atoms with Crippen LogP contribution < -0.4 is 10.0 Å². The van der Waals surface area contributed by atoms with Gasteiger partial charge in [-0.15, -0.1) is 0 Å². The molecule has 156 valence electrons. The number of hydrogen-bond acceptors (Lipinski definition) is 4. The Morgan fingerprint density at radius 2 is 1.76 bits per heavy atom. The average Bonchev–Trinajstić information content (AvgIpc) is 2.60. The molecule has 0 atom stereocenters. The number of halogens is 2. The van der Waals surface area contributed by atoms with Gasteiger partial charge in [0.15, 0.2) is 11.6 Å². The van der Waals surface area contributed by atoms with Crippen LogP contribution in [0.15, 0.2) is 37.0 Å². The van der Waals surface area contributed by atoms with Gasteiger partial charge in [-0.1, -0.05) is 33.4 Å². The normalized spacial score (nSPS) is 11.8. The molecule has 0 spiro atoms. The lowest BCUT2D eigenvalue weighted by Gasteiger charge is -2.17. The zero-order valence-corrected chi connectivity index (χ0v) is 17.5. The van der Waals surface area contributed by atoms with Crippen LogP contribution in [0.2, 0.25) is 0 Å². The van der Waals surface area contributed by atoms with Crippen molar-refractivity contribution in [3.05, 3.63) is 65.5 Å². The van der Waals surface area contributed by atoms with E-state index in [4.69, 9.17) is 0 Å². The summed E-state index contributed by atoms with van der Waals surface area (Å²) in [6, 6.07) is 5.44. The van der Waals surface area contributed by atoms with E-state index < -0.39 is 33.3 Å². The first-order valence-corrected chi connectivity index (χ1v) is 10.6. The van der Waals surface area contributed by atoms with E-state index in [1.807, 2.05) is 26.8 Å². The molecule has 6 nitrogen and oxygen atoms in total. The summed E-state index contributed by atoms with van der Waals surface area (Å²) in [4.78, 5) is 16.6. The van der Waals surface area contributed by atoms with Crippen LogP contribution in [-0.4, -0.2) is 25.6 Å². The molecule has 0 unspecified atom stereocenters. The van der Waals surface area contributed by atoms with Gasteiger partial charge in [-0.3, -0.25) is 14.5 Å². The number of anilines is 1. The summed E-state index contributed by atoms with van der Waals surface area (Å²) in [6.07, 6.45) is 2.34. The first-order valence-electron chi connectivity index (χ1n) is 8.67. The molecule has 0 saturated heterocycles. The van der Waals surface area contributed by atoms with E-state index in [9.17, 15) is 22.0 Å². The predicted molar refractivity (Wildman–Crippen MR) is 109 cm³/mol. The second-order valence-corrected chi connectivity index (χ2v) is 9.40. The number of carbonyl (C=O) groups is 1. The topological polar surface area (TPSA) is 88.2 Å². The molecule has 0 radical (unpaired) electrons. The van der Waals surface area contributed by atoms with Crippen molar-refractivity contribution in [1.82, 2.24) is 10.3 Å². The molecular weight excluding hydrogens is 400 g/mol. The van der Waals surface area contributed by atoms with E-state index in [0.717, 1.165) is 24.1 Å². The summed E-state index contributed by atoms with van der Waals surface area (Å²) in [6.45, 7) is 9.63. The number of nitrogens with zero attached hydrogens (tertiary/aromatic N) is 1. The van der Waals surface area contributed by atoms with Crippen molar-refractivity contribution in [2.24, 2.45) is 0 Å². The Kier molecular flexibility index (Phi) is 6.42. The Labute approximate surface area is 169 Å². The van der Waals surface area contributed by atoms with Gasteiger partial charge >= 0.3 is 0 Å². The number of aromatic nitrogens is 1. The second-order valence-electron chi connectivity index (χ2n) is 7.65. The summed E-state index contributed by atoms with van der Waals surface area (Å²) in [5.41, 5.74) is 0.783. The highest BCUT2D eigenvalue weighted by molar-refractivity contribution is 7.92. The van der Waals surface area contributed by atoms with Crippen molar-refractivity contribution in [2.45, 2.75) is 32.7 Å². The van der Waals surface area contributed by atoms with Crippen molar-refractivity contribution in [2.75, 3.05) is 11.0 Å². The van der Waals surface area contributed by atoms with Gasteiger partial charge in [-0.05, 0) is 23.8 Å². The molecule has 1 heterocycles. The zero-order chi connectivity index (χ0) is 22.0. The average molecular weight is 423 g/mol. The van der Waals surface area contributed by atoms with Gasteiger partial charge in [-0.2, -0.15) is 0 Å². The number of hydrogen-bond donors (Lipinski definition) is 2. The van der Waals surface area contributed by atoms with E-state index >= 15 is 0 Å². The van der Waals surface area contributed by atoms with Crippen molar-refractivity contribution in [3.63, 3.8) is 0 Å². The molecule has 2 rings (SSSR count). The van der Waals surface area contributed by atoms with Crippen LogP contribution in [0.25, 0.3) is 5.57 Å². The lowest BCUT2D eigenvalue weighted by atomic mass is 9.91. The van der Waals surface area contributed by atoms with Gasteiger partial charge in [-0.25, -0.2) is 17.2 Å². The van der Waals surface area contributed by atoms with Gasteiger partial charge < -0.3 is 5.32 Å². The molecule has 29 heavy (non-hydrogen) atoms. The number of pyridine rings is 1. The minimum Gasteiger partial charge on any atom is -0.348 e. The van der Waals surface area contributed by atoms with Crippen LogP contribution in [0.3, 0.4) is 0 Å². The number of amides is 1. The quantitative estimate of drug-likeness (QED) is 0.698. The molecule has 0 aliphatic heterocycles. The molecular formula is C20H23F2N3O3S. The standard InChI is InChI=1S/C20H23F2N3O3S/c1-12(14-6-7-17(23-11-14)20(2,3)4)19(26)24-10-13-8-15(21)18(16(22)9-13)25-29(5,27)28/h6-9,11,25H,1,10H2,2-5H3,(H,24,26). The van der Waals surface area contributed by atoms with E-state index in [1.54, 1.807) is 17.0 Å². The highest BCUT2D eigenvalue weighted by atomic mass is 32.2. The summed E-state index contributed by atoms with van der Waals surface area (Å²) in [5.74, 6) is -2.68. The van der Waals surface area contributed by atoms with Crippen LogP contribution in [0, 0.1) is 11.6 Å². The number of carbonyl (C=O) groups excluding carboxylic acids is 1. The summed E-state index contributed by atoms with van der Waals surface area (Å²) >= 11 is 0. The first kappa shape index (κ1) is 22.5. The van der Waals surface area contributed by atoms with Crippen molar-refractivity contribution in [3.8, 4) is 0 Å². The number of rotatable bonds is 6. The summed E-state index contributed by atoms with van der Waals surface area (Å²) < 4.78 is 52.2. The molecule has 0 bridgehead atoms. The fourth-order valence-corrected chi connectivity index (χ4v) is 3.01. The highest BCUT2D eigenvalue weighted by Gasteiger charge is 2.18. The molecule has 0 saturated carbocycles. The van der Waals surface area contributed by atoms with Gasteiger partial charge in [0.25, 0.3) is 5.91 Å². The maximum Gasteiger partial charge on any atom is 0.251 e. The molecule has 0 fully saturated rings. The largest absolute Gasteiger partial charge is 0.348 e. The van der Waals surface area contributed by atoms with Crippen LogP contribution in [0.5, 0.6) is 0 Å². The molecule has 1 aromatic carbocycles. The number of benzene rings is 1. The molecule has 0 aliphatic rings. The van der Waals surface area contributed by atoms with Gasteiger partial charge in [0.2, 0.25) is 10.0 Å². The van der Waals surface area contributed by atoms with Gasteiger partial charge in [0, 0.05) is 35.0 Å². The van der Waals surface area contributed by atoms with Crippen LogP contribution in [0.1, 0.15) is 37.6 Å². The molecule has 1 aromatic heterocycles. The molecule has 0 aliphatic carbocycles. The van der Waals surface area contributed by atoms with Crippen molar-refractivity contribution >= 4 is 27.2 Å². The van der Waals surface area contributed by atoms with Crippen LogP contribution >= 0.6 is 0 Å². The Morgan fingerprint density at radius 3 is 2.21 bits per heavy atom. The third-order valence-electron chi connectivity index (χ3n) is 4.00. The monoisotopic (exact) mass is 423 g/mol. The SMILES string of the molecule is C=C(C(=O)NCc1cc(F)c(NS(C)(=O)=O)c(F)c1)c1ccc(C(C)(C)C)nc1. The number of nitrogens with one attached hydrogen (secondary N) is 2. The number of sulfonamides is 1. The summed E-state index contributed by atoms with van der Waals surface area (Å²) in [5, 5.41) is 2.53. The van der Waals surface area contributed by atoms with Crippen LogP contribution in [0.4, 0.5) is 14.5 Å². The molecule has 9 heteroatoms. The fourth-order valence-electron chi connectivity index (χ4n) is 2.45. The smallest absolute Gasteiger partial charge is 0.251 e. The van der Waals surface area contributed by atoms with E-state index in [2.05, 4.69) is 16.9 Å². The minimum atomic E-state index is -3.83. The third kappa shape index (κ3) is 6.08. The van der Waals surface area contributed by atoms with Crippen molar-refractivity contribution in [1.29, 1.82) is 0 Å². The third-order valence-corrected chi connectivity index (χ3v) is 4.57. The Morgan fingerprint density at radius 1 is 1.17 bits per heavy atom. The van der Waals surface area contributed by atoms with Gasteiger partial charge in [0.05, 0.1) is 6.26 Å². The summed E-state index contributed by atoms with van der Waals surface area (Å²) in [7, 11) is -3.83. The maximum absolute atomic E-state index is 14.0. The zero-order valence-electron chi connectivity index (χ0n) is 16.6. The second kappa shape index (κ2) is 8.28. The Bertz CT molecular complexity index is 1020. The maximum atomic E-state index is 14.0. The lowest BCUT2D eigenvalue weighted by molar-refractivity contribution is -0.115. The van der Waals surface area contributed by atoms with E-state index in [1.165, 1.54) is 0 Å². The van der Waals surface area contributed by atoms with Crippen LogP contribution in [-0.2, 0) is 26.8 Å². The molecule has 1 amide bonds. The highest BCUT2D eigenvalue weighted by Crippen LogP contribution is 2.23.